The van der Waals surface area contributed by atoms with Crippen LogP contribution in [-0.2, 0) is 11.2 Å². The van der Waals surface area contributed by atoms with Crippen LogP contribution in [0.15, 0.2) is 24.4 Å². The first-order chi connectivity index (χ1) is 8.67. The normalized spacial score (nSPS) is 10.6. The molecule has 2 aromatic rings. The number of fused-ring (bicyclic) bond motifs is 1. The number of nitrogens with two attached hydrogens (primary N) is 1. The molecule has 1 heterocycles. The largest absolute Gasteiger partial charge is 0.465 e. The van der Waals surface area contributed by atoms with Gasteiger partial charge in [0.05, 0.1) is 18.3 Å². The van der Waals surface area contributed by atoms with Gasteiger partial charge in [0.1, 0.15) is 5.56 Å². The van der Waals surface area contributed by atoms with Crippen LogP contribution >= 0.6 is 0 Å². The number of esters is 1. The number of hydrogen-bond acceptors (Lipinski definition) is 4. The number of pyridine rings is 1. The zero-order valence-corrected chi connectivity index (χ0v) is 10.6. The van der Waals surface area contributed by atoms with Gasteiger partial charge < -0.3 is 10.5 Å². The maximum atomic E-state index is 11.5. The van der Waals surface area contributed by atoms with Gasteiger partial charge in [-0.2, -0.15) is 0 Å². The molecule has 0 bridgehead atoms. The topological polar surface area (TPSA) is 65.2 Å². The van der Waals surface area contributed by atoms with E-state index in [9.17, 15) is 4.79 Å². The minimum Gasteiger partial charge on any atom is -0.465 e. The molecule has 0 amide bonds. The molecule has 4 nitrogen and oxygen atoms in total. The maximum absolute atomic E-state index is 11.5. The second kappa shape index (κ2) is 5.04. The number of rotatable bonds is 3. The summed E-state index contributed by atoms with van der Waals surface area (Å²) in [6, 6.07) is 5.96. The smallest absolute Gasteiger partial charge is 0.341 e. The van der Waals surface area contributed by atoms with E-state index in [0.717, 1.165) is 23.7 Å². The second-order valence-electron chi connectivity index (χ2n) is 4.18. The van der Waals surface area contributed by atoms with Crippen molar-refractivity contribution in [1.82, 2.24) is 4.98 Å². The first kappa shape index (κ1) is 12.4. The van der Waals surface area contributed by atoms with Gasteiger partial charge in [-0.3, -0.25) is 4.98 Å². The molecule has 0 unspecified atom stereocenters. The fourth-order valence-corrected chi connectivity index (χ4v) is 1.98. The predicted octanol–water partition coefficient (Wildman–Crippen LogP) is 2.56. The number of anilines is 1. The fraction of sp³-hybridized carbons (Fsp3) is 0.286. The summed E-state index contributed by atoms with van der Waals surface area (Å²) < 4.78 is 4.68. The minimum atomic E-state index is -0.456. The second-order valence-corrected chi connectivity index (χ2v) is 4.18. The molecular formula is C14H16N2O2. The Hall–Kier alpha value is -2.10. The summed E-state index contributed by atoms with van der Waals surface area (Å²) in [5.41, 5.74) is 8.76. The van der Waals surface area contributed by atoms with Crippen LogP contribution in [-0.4, -0.2) is 18.1 Å². The van der Waals surface area contributed by atoms with Crippen molar-refractivity contribution in [2.24, 2.45) is 0 Å². The highest BCUT2D eigenvalue weighted by Gasteiger charge is 2.13. The highest BCUT2D eigenvalue weighted by Crippen LogP contribution is 2.25. The van der Waals surface area contributed by atoms with Gasteiger partial charge in [0.2, 0.25) is 0 Å². The lowest BCUT2D eigenvalue weighted by molar-refractivity contribution is 0.0601. The Balaban J connectivity index is 2.60. The molecule has 0 radical (unpaired) electrons. The molecule has 4 heteroatoms. The van der Waals surface area contributed by atoms with Crippen molar-refractivity contribution in [1.29, 1.82) is 0 Å². The Kier molecular flexibility index (Phi) is 3.46. The number of methoxy groups -OCH3 is 1. The first-order valence-corrected chi connectivity index (χ1v) is 5.92. The van der Waals surface area contributed by atoms with Crippen LogP contribution in [0.1, 0.15) is 29.3 Å². The van der Waals surface area contributed by atoms with E-state index in [-0.39, 0.29) is 0 Å². The van der Waals surface area contributed by atoms with Crippen LogP contribution in [0, 0.1) is 0 Å². The molecule has 0 spiro atoms. The van der Waals surface area contributed by atoms with E-state index in [1.165, 1.54) is 18.9 Å². The number of hydrogen-bond donors (Lipinski definition) is 1. The van der Waals surface area contributed by atoms with Crippen LogP contribution in [0.3, 0.4) is 0 Å². The number of nitrogens with zero attached hydrogens (tertiary/aromatic N) is 1. The highest BCUT2D eigenvalue weighted by molar-refractivity contribution is 6.04. The monoisotopic (exact) mass is 244 g/mol. The first-order valence-electron chi connectivity index (χ1n) is 5.92. The van der Waals surface area contributed by atoms with E-state index in [0.29, 0.717) is 11.3 Å². The van der Waals surface area contributed by atoms with E-state index in [2.05, 4.69) is 16.6 Å². The molecule has 94 valence electrons. The van der Waals surface area contributed by atoms with Gasteiger partial charge in [-0.15, -0.1) is 0 Å². The summed E-state index contributed by atoms with van der Waals surface area (Å²) >= 11 is 0. The Morgan fingerprint density at radius 1 is 1.44 bits per heavy atom. The minimum absolute atomic E-state index is 0.318. The standard InChI is InChI=1S/C14H16N2O2/c1-3-4-9-5-6-12-10(7-9)13(15)11(8-16-12)14(17)18-2/h5-8H,3-4H2,1-2H3,(H2,15,16). The summed E-state index contributed by atoms with van der Waals surface area (Å²) in [6.45, 7) is 2.12. The number of carbonyl (C=O) groups is 1. The van der Waals surface area contributed by atoms with E-state index < -0.39 is 5.97 Å². The lowest BCUT2D eigenvalue weighted by atomic mass is 10.0. The summed E-state index contributed by atoms with van der Waals surface area (Å²) in [4.78, 5) is 15.8. The van der Waals surface area contributed by atoms with Crippen molar-refractivity contribution in [2.45, 2.75) is 19.8 Å². The Morgan fingerprint density at radius 3 is 2.89 bits per heavy atom. The molecule has 1 aromatic heterocycles. The quantitative estimate of drug-likeness (QED) is 0.843. The fourth-order valence-electron chi connectivity index (χ4n) is 1.98. The zero-order valence-electron chi connectivity index (χ0n) is 10.6. The third-order valence-electron chi connectivity index (χ3n) is 2.92. The van der Waals surface area contributed by atoms with Gasteiger partial charge in [-0.25, -0.2) is 4.79 Å². The van der Waals surface area contributed by atoms with Crippen molar-refractivity contribution in [3.05, 3.63) is 35.5 Å². The SMILES string of the molecule is CCCc1ccc2ncc(C(=O)OC)c(N)c2c1. The van der Waals surface area contributed by atoms with Crippen molar-refractivity contribution in [3.63, 3.8) is 0 Å². The van der Waals surface area contributed by atoms with Crippen molar-refractivity contribution in [3.8, 4) is 0 Å². The Morgan fingerprint density at radius 2 is 2.22 bits per heavy atom. The number of carbonyl (C=O) groups excluding carboxylic acids is 1. The lowest BCUT2D eigenvalue weighted by Gasteiger charge is -2.08. The molecule has 0 saturated carbocycles. The number of ether oxygens (including phenoxy) is 1. The van der Waals surface area contributed by atoms with Crippen molar-refractivity contribution < 1.29 is 9.53 Å². The molecule has 18 heavy (non-hydrogen) atoms. The van der Waals surface area contributed by atoms with E-state index >= 15 is 0 Å². The third-order valence-corrected chi connectivity index (χ3v) is 2.92. The molecular weight excluding hydrogens is 228 g/mol. The molecule has 0 aliphatic heterocycles. The Labute approximate surface area is 106 Å². The van der Waals surface area contributed by atoms with Crippen LogP contribution < -0.4 is 5.73 Å². The molecule has 0 saturated heterocycles. The molecule has 0 fully saturated rings. The molecule has 0 atom stereocenters. The Bertz CT molecular complexity index is 594. The van der Waals surface area contributed by atoms with E-state index in [1.54, 1.807) is 0 Å². The highest BCUT2D eigenvalue weighted by atomic mass is 16.5. The van der Waals surface area contributed by atoms with E-state index in [1.807, 2.05) is 18.2 Å². The summed E-state index contributed by atoms with van der Waals surface area (Å²) in [5, 5.41) is 0.809. The molecule has 2 N–H and O–H groups in total. The van der Waals surface area contributed by atoms with E-state index in [4.69, 9.17) is 5.73 Å². The van der Waals surface area contributed by atoms with Gasteiger partial charge >= 0.3 is 5.97 Å². The molecule has 0 aliphatic carbocycles. The molecule has 2 rings (SSSR count). The average molecular weight is 244 g/mol. The van der Waals surface area contributed by atoms with Crippen molar-refractivity contribution >= 4 is 22.6 Å². The van der Waals surface area contributed by atoms with Gasteiger partial charge in [0.25, 0.3) is 0 Å². The molecule has 1 aromatic carbocycles. The maximum Gasteiger partial charge on any atom is 0.341 e. The predicted molar refractivity (Wildman–Crippen MR) is 71.5 cm³/mol. The number of benzene rings is 1. The number of aromatic nitrogens is 1. The zero-order chi connectivity index (χ0) is 13.1. The van der Waals surface area contributed by atoms with Gasteiger partial charge in [-0.1, -0.05) is 19.4 Å². The summed E-state index contributed by atoms with van der Waals surface area (Å²) in [7, 11) is 1.33. The van der Waals surface area contributed by atoms with Crippen molar-refractivity contribution in [2.75, 3.05) is 12.8 Å². The lowest BCUT2D eigenvalue weighted by Crippen LogP contribution is -2.07. The third kappa shape index (κ3) is 2.14. The molecule has 0 aliphatic rings. The number of nitrogen functional groups attached to an aromatic ring is 1. The average Bonchev–Trinajstić information content (AvgIpc) is 2.39. The summed E-state index contributed by atoms with van der Waals surface area (Å²) in [6.07, 6.45) is 3.51. The van der Waals surface area contributed by atoms with Gasteiger partial charge in [0, 0.05) is 11.6 Å². The van der Waals surface area contributed by atoms with Crippen LogP contribution in [0.5, 0.6) is 0 Å². The summed E-state index contributed by atoms with van der Waals surface area (Å²) in [5.74, 6) is -0.456. The van der Waals surface area contributed by atoms with Crippen LogP contribution in [0.4, 0.5) is 5.69 Å². The van der Waals surface area contributed by atoms with Gasteiger partial charge in [0.15, 0.2) is 0 Å². The van der Waals surface area contributed by atoms with Crippen LogP contribution in [0.2, 0.25) is 0 Å². The number of aryl methyl sites for hydroxylation is 1. The van der Waals surface area contributed by atoms with Gasteiger partial charge in [-0.05, 0) is 24.1 Å². The van der Waals surface area contributed by atoms with Crippen LogP contribution in [0.25, 0.3) is 10.9 Å².